The van der Waals surface area contributed by atoms with E-state index in [0.29, 0.717) is 17.9 Å². The molecule has 1 heterocycles. The molecule has 0 amide bonds. The van der Waals surface area contributed by atoms with Crippen molar-refractivity contribution in [3.8, 4) is 0 Å². The zero-order valence-corrected chi connectivity index (χ0v) is 16.6. The van der Waals surface area contributed by atoms with Crippen molar-refractivity contribution in [3.63, 3.8) is 0 Å². The Morgan fingerprint density at radius 1 is 0.692 bits per heavy atom. The summed E-state index contributed by atoms with van der Waals surface area (Å²) in [4.78, 5) is 13.7. The van der Waals surface area contributed by atoms with Crippen LogP contribution in [-0.2, 0) is 0 Å². The second-order valence-electron chi connectivity index (χ2n) is 9.12. The van der Waals surface area contributed by atoms with Crippen LogP contribution >= 0.6 is 0 Å². The van der Waals surface area contributed by atoms with E-state index in [9.17, 15) is 4.79 Å². The van der Waals surface area contributed by atoms with E-state index in [1.807, 2.05) is 4.68 Å². The first-order chi connectivity index (χ1) is 12.8. The average molecular weight is 357 g/mol. The van der Waals surface area contributed by atoms with Gasteiger partial charge in [0.05, 0.1) is 11.7 Å². The topological polar surface area (TPSA) is 34.9 Å². The van der Waals surface area contributed by atoms with Crippen molar-refractivity contribution in [1.82, 2.24) is 9.78 Å². The SMILES string of the molecule is Cc1nn(C2CCCCC2)c(=O)c(C2CCCCC2)c1C1CCCCC1. The van der Waals surface area contributed by atoms with E-state index in [0.717, 1.165) is 12.8 Å². The molecule has 0 unspecified atom stereocenters. The Bertz CT molecular complexity index is 660. The number of rotatable bonds is 3. The van der Waals surface area contributed by atoms with Crippen molar-refractivity contribution in [2.45, 2.75) is 121 Å². The van der Waals surface area contributed by atoms with Crippen LogP contribution < -0.4 is 5.56 Å². The predicted molar refractivity (Wildman–Crippen MR) is 107 cm³/mol. The highest BCUT2D eigenvalue weighted by Crippen LogP contribution is 2.41. The summed E-state index contributed by atoms with van der Waals surface area (Å²) in [5.41, 5.74) is 4.04. The molecular formula is C23H36N2O. The Hall–Kier alpha value is -1.12. The number of aryl methyl sites for hydroxylation is 1. The fraction of sp³-hybridized carbons (Fsp3) is 0.826. The summed E-state index contributed by atoms with van der Waals surface area (Å²) in [5, 5.41) is 4.93. The summed E-state index contributed by atoms with van der Waals surface area (Å²) in [6.07, 6.45) is 19.0. The third-order valence-corrected chi connectivity index (χ3v) is 7.32. The molecular weight excluding hydrogens is 320 g/mol. The van der Waals surface area contributed by atoms with Gasteiger partial charge in [0.1, 0.15) is 0 Å². The number of hydrogen-bond donors (Lipinski definition) is 0. The molecule has 0 radical (unpaired) electrons. The first-order valence-corrected chi connectivity index (χ1v) is 11.4. The molecule has 4 rings (SSSR count). The zero-order valence-electron chi connectivity index (χ0n) is 16.6. The molecule has 1 aromatic heterocycles. The molecule has 0 atom stereocenters. The van der Waals surface area contributed by atoms with E-state index < -0.39 is 0 Å². The lowest BCUT2D eigenvalue weighted by atomic mass is 9.76. The minimum absolute atomic E-state index is 0.287. The highest BCUT2D eigenvalue weighted by Gasteiger charge is 2.31. The molecule has 3 aliphatic rings. The van der Waals surface area contributed by atoms with Gasteiger partial charge in [-0.2, -0.15) is 5.10 Å². The van der Waals surface area contributed by atoms with Crippen LogP contribution in [0.5, 0.6) is 0 Å². The maximum absolute atomic E-state index is 13.7. The molecule has 1 aromatic rings. The summed E-state index contributed by atoms with van der Waals surface area (Å²) in [6.45, 7) is 2.19. The Balaban J connectivity index is 1.79. The van der Waals surface area contributed by atoms with Crippen LogP contribution in [0.15, 0.2) is 4.79 Å². The standard InChI is InChI=1S/C23H36N2O/c1-17-21(18-11-5-2-6-12-18)22(19-13-7-3-8-14-19)23(26)25(24-17)20-15-9-4-10-16-20/h18-20H,2-16H2,1H3. The van der Waals surface area contributed by atoms with Gasteiger partial charge in [0, 0.05) is 5.56 Å². The number of nitrogens with zero attached hydrogens (tertiary/aromatic N) is 2. The summed E-state index contributed by atoms with van der Waals surface area (Å²) >= 11 is 0. The molecule has 3 aliphatic carbocycles. The average Bonchev–Trinajstić information content (AvgIpc) is 2.71. The summed E-state index contributed by atoms with van der Waals surface area (Å²) in [5.74, 6) is 1.08. The van der Waals surface area contributed by atoms with Crippen LogP contribution in [0, 0.1) is 6.92 Å². The minimum atomic E-state index is 0.287. The van der Waals surface area contributed by atoms with Crippen molar-refractivity contribution in [1.29, 1.82) is 0 Å². The van der Waals surface area contributed by atoms with E-state index in [-0.39, 0.29) is 5.56 Å². The van der Waals surface area contributed by atoms with Crippen molar-refractivity contribution in [3.05, 3.63) is 27.2 Å². The maximum atomic E-state index is 13.7. The first-order valence-electron chi connectivity index (χ1n) is 11.4. The van der Waals surface area contributed by atoms with Crippen LogP contribution in [0.1, 0.15) is 131 Å². The van der Waals surface area contributed by atoms with Gasteiger partial charge in [-0.1, -0.05) is 57.8 Å². The summed E-state index contributed by atoms with van der Waals surface area (Å²) in [7, 11) is 0. The van der Waals surface area contributed by atoms with E-state index in [2.05, 4.69) is 6.92 Å². The fourth-order valence-electron chi connectivity index (χ4n) is 5.96. The molecule has 26 heavy (non-hydrogen) atoms. The monoisotopic (exact) mass is 356 g/mol. The Labute approximate surface area is 158 Å². The molecule has 3 fully saturated rings. The molecule has 3 saturated carbocycles. The normalized spacial score (nSPS) is 24.0. The molecule has 3 nitrogen and oxygen atoms in total. The Morgan fingerprint density at radius 3 is 1.69 bits per heavy atom. The highest BCUT2D eigenvalue weighted by molar-refractivity contribution is 5.35. The quantitative estimate of drug-likeness (QED) is 0.651. The summed E-state index contributed by atoms with van der Waals surface area (Å²) in [6, 6.07) is 0.345. The van der Waals surface area contributed by atoms with Gasteiger partial charge in [-0.15, -0.1) is 0 Å². The number of aromatic nitrogens is 2. The highest BCUT2D eigenvalue weighted by atomic mass is 16.1. The first kappa shape index (κ1) is 18.3. The van der Waals surface area contributed by atoms with Gasteiger partial charge in [0.15, 0.2) is 0 Å². The van der Waals surface area contributed by atoms with E-state index in [1.165, 1.54) is 100 Å². The third kappa shape index (κ3) is 3.64. The van der Waals surface area contributed by atoms with Gasteiger partial charge in [-0.05, 0) is 62.8 Å². The minimum Gasteiger partial charge on any atom is -0.267 e. The van der Waals surface area contributed by atoms with Crippen LogP contribution in [0.4, 0.5) is 0 Å². The lowest BCUT2D eigenvalue weighted by Crippen LogP contribution is -2.35. The van der Waals surface area contributed by atoms with Gasteiger partial charge in [0.2, 0.25) is 0 Å². The zero-order chi connectivity index (χ0) is 17.9. The van der Waals surface area contributed by atoms with Gasteiger partial charge in [0.25, 0.3) is 5.56 Å². The maximum Gasteiger partial charge on any atom is 0.270 e. The predicted octanol–water partition coefficient (Wildman–Crippen LogP) is 6.15. The molecule has 3 heteroatoms. The molecule has 0 aromatic carbocycles. The Morgan fingerprint density at radius 2 is 1.15 bits per heavy atom. The van der Waals surface area contributed by atoms with Gasteiger partial charge in [-0.25, -0.2) is 4.68 Å². The molecule has 0 bridgehead atoms. The molecule has 0 aliphatic heterocycles. The summed E-state index contributed by atoms with van der Waals surface area (Å²) < 4.78 is 1.94. The lowest BCUT2D eigenvalue weighted by Gasteiger charge is -2.32. The van der Waals surface area contributed by atoms with E-state index in [4.69, 9.17) is 5.10 Å². The van der Waals surface area contributed by atoms with Crippen LogP contribution in [-0.4, -0.2) is 9.78 Å². The second-order valence-corrected chi connectivity index (χ2v) is 9.12. The van der Waals surface area contributed by atoms with Crippen molar-refractivity contribution in [2.24, 2.45) is 0 Å². The van der Waals surface area contributed by atoms with Gasteiger partial charge in [-0.3, -0.25) is 4.79 Å². The van der Waals surface area contributed by atoms with Crippen molar-refractivity contribution in [2.75, 3.05) is 0 Å². The molecule has 144 valence electrons. The molecule has 0 spiro atoms. The Kier molecular flexibility index (Phi) is 5.81. The van der Waals surface area contributed by atoms with E-state index in [1.54, 1.807) is 0 Å². The lowest BCUT2D eigenvalue weighted by molar-refractivity contribution is 0.310. The van der Waals surface area contributed by atoms with Crippen molar-refractivity contribution < 1.29 is 0 Å². The van der Waals surface area contributed by atoms with Crippen LogP contribution in [0.25, 0.3) is 0 Å². The van der Waals surface area contributed by atoms with Gasteiger partial charge >= 0.3 is 0 Å². The molecule has 0 N–H and O–H groups in total. The van der Waals surface area contributed by atoms with Gasteiger partial charge < -0.3 is 0 Å². The third-order valence-electron chi connectivity index (χ3n) is 7.32. The van der Waals surface area contributed by atoms with Crippen LogP contribution in [0.3, 0.4) is 0 Å². The molecule has 0 saturated heterocycles. The fourth-order valence-corrected chi connectivity index (χ4v) is 5.96. The number of hydrogen-bond acceptors (Lipinski definition) is 2. The largest absolute Gasteiger partial charge is 0.270 e. The van der Waals surface area contributed by atoms with Crippen LogP contribution in [0.2, 0.25) is 0 Å². The van der Waals surface area contributed by atoms with E-state index >= 15 is 0 Å². The smallest absolute Gasteiger partial charge is 0.267 e. The van der Waals surface area contributed by atoms with Crippen molar-refractivity contribution >= 4 is 0 Å². The second kappa shape index (κ2) is 8.27.